The number of aryl methyl sites for hydroxylation is 1. The summed E-state index contributed by atoms with van der Waals surface area (Å²) in [5.41, 5.74) is 2.76. The van der Waals surface area contributed by atoms with Gasteiger partial charge in [-0.25, -0.2) is 4.98 Å². The Morgan fingerprint density at radius 1 is 1.05 bits per heavy atom. The van der Waals surface area contributed by atoms with E-state index >= 15 is 0 Å². The Labute approximate surface area is 123 Å². The summed E-state index contributed by atoms with van der Waals surface area (Å²) in [6, 6.07) is 2.95. The van der Waals surface area contributed by atoms with Crippen LogP contribution < -0.4 is 4.90 Å². The molecule has 0 radical (unpaired) electrons. The van der Waals surface area contributed by atoms with E-state index in [0.29, 0.717) is 6.04 Å². The minimum absolute atomic E-state index is 0.574. The zero-order valence-corrected chi connectivity index (χ0v) is 12.9. The van der Waals surface area contributed by atoms with Crippen LogP contribution in [0.15, 0.2) is 12.3 Å². The summed E-state index contributed by atoms with van der Waals surface area (Å²) in [5, 5.41) is 0. The molecule has 3 nitrogen and oxygen atoms in total. The lowest BCUT2D eigenvalue weighted by Gasteiger charge is -2.34. The first-order valence-corrected chi connectivity index (χ1v) is 8.17. The Hall–Kier alpha value is -1.09. The molecule has 0 bridgehead atoms. The van der Waals surface area contributed by atoms with E-state index in [0.717, 1.165) is 0 Å². The molecule has 20 heavy (non-hydrogen) atoms. The van der Waals surface area contributed by atoms with Gasteiger partial charge in [0.05, 0.1) is 0 Å². The summed E-state index contributed by atoms with van der Waals surface area (Å²) in [6.07, 6.45) is 10.1. The molecule has 0 aromatic carbocycles. The molecule has 2 fully saturated rings. The topological polar surface area (TPSA) is 19.4 Å². The fourth-order valence-corrected chi connectivity index (χ4v) is 3.70. The summed E-state index contributed by atoms with van der Waals surface area (Å²) in [4.78, 5) is 9.76. The monoisotopic (exact) mass is 273 g/mol. The number of nitrogens with zero attached hydrogens (tertiary/aromatic N) is 3. The van der Waals surface area contributed by atoms with E-state index in [1.165, 1.54) is 75.1 Å². The number of rotatable bonds is 2. The van der Waals surface area contributed by atoms with E-state index in [4.69, 9.17) is 4.98 Å². The third-order valence-corrected chi connectivity index (χ3v) is 4.88. The molecule has 0 saturated carbocycles. The molecule has 2 aliphatic heterocycles. The van der Waals surface area contributed by atoms with Crippen molar-refractivity contribution >= 4 is 5.82 Å². The van der Waals surface area contributed by atoms with Crippen molar-refractivity contribution in [1.29, 1.82) is 0 Å². The first kappa shape index (κ1) is 13.9. The lowest BCUT2D eigenvalue weighted by molar-refractivity contribution is 0.187. The minimum atomic E-state index is 0.574. The van der Waals surface area contributed by atoms with Crippen LogP contribution in [0.1, 0.15) is 55.7 Å². The number of likely N-dealkylation sites (tertiary alicyclic amines) is 1. The highest BCUT2D eigenvalue weighted by atomic mass is 15.2. The molecule has 1 atom stereocenters. The second-order valence-electron chi connectivity index (χ2n) is 6.45. The maximum absolute atomic E-state index is 4.81. The van der Waals surface area contributed by atoms with Crippen molar-refractivity contribution in [3.63, 3.8) is 0 Å². The van der Waals surface area contributed by atoms with Crippen LogP contribution in [0.2, 0.25) is 0 Å². The van der Waals surface area contributed by atoms with Gasteiger partial charge in [0.25, 0.3) is 0 Å². The molecule has 1 aromatic rings. The lowest BCUT2D eigenvalue weighted by Crippen LogP contribution is -2.32. The summed E-state index contributed by atoms with van der Waals surface area (Å²) in [5.74, 6) is 1.21. The molecule has 0 N–H and O–H groups in total. The van der Waals surface area contributed by atoms with Crippen molar-refractivity contribution in [3.05, 3.63) is 23.4 Å². The zero-order chi connectivity index (χ0) is 13.9. The second-order valence-corrected chi connectivity index (χ2v) is 6.45. The van der Waals surface area contributed by atoms with Crippen LogP contribution in [-0.4, -0.2) is 36.6 Å². The maximum Gasteiger partial charge on any atom is 0.131 e. The molecule has 0 spiro atoms. The smallest absolute Gasteiger partial charge is 0.131 e. The van der Waals surface area contributed by atoms with Crippen molar-refractivity contribution in [2.45, 2.75) is 51.5 Å². The standard InChI is InChI=1S/C17H27N3/c1-14-12-15(16-8-4-7-9-19(16)2)13-18-17(14)20-10-5-3-6-11-20/h12-13,16H,3-11H2,1-2H3/t16-/m1/s1. The summed E-state index contributed by atoms with van der Waals surface area (Å²) in [6.45, 7) is 5.80. The van der Waals surface area contributed by atoms with Crippen LogP contribution in [0.25, 0.3) is 0 Å². The molecule has 2 aliphatic rings. The van der Waals surface area contributed by atoms with Crippen LogP contribution in [-0.2, 0) is 0 Å². The van der Waals surface area contributed by atoms with Gasteiger partial charge in [-0.3, -0.25) is 4.90 Å². The molecule has 0 aliphatic carbocycles. The quantitative estimate of drug-likeness (QED) is 0.821. The van der Waals surface area contributed by atoms with Gasteiger partial charge in [-0.15, -0.1) is 0 Å². The van der Waals surface area contributed by atoms with Gasteiger partial charge in [0, 0.05) is 25.3 Å². The van der Waals surface area contributed by atoms with E-state index in [1.807, 2.05) is 0 Å². The van der Waals surface area contributed by atoms with E-state index in [9.17, 15) is 0 Å². The van der Waals surface area contributed by atoms with Crippen molar-refractivity contribution in [2.24, 2.45) is 0 Å². The van der Waals surface area contributed by atoms with Gasteiger partial charge >= 0.3 is 0 Å². The predicted molar refractivity (Wildman–Crippen MR) is 84.3 cm³/mol. The van der Waals surface area contributed by atoms with Crippen LogP contribution in [0, 0.1) is 6.92 Å². The molecule has 3 rings (SSSR count). The van der Waals surface area contributed by atoms with Crippen LogP contribution in [0.4, 0.5) is 5.82 Å². The van der Waals surface area contributed by atoms with E-state index in [2.05, 4.69) is 36.0 Å². The third-order valence-electron chi connectivity index (χ3n) is 4.88. The van der Waals surface area contributed by atoms with Gasteiger partial charge in [0.1, 0.15) is 5.82 Å². The van der Waals surface area contributed by atoms with Crippen molar-refractivity contribution in [2.75, 3.05) is 31.6 Å². The molecule has 2 saturated heterocycles. The average molecular weight is 273 g/mol. The van der Waals surface area contributed by atoms with E-state index < -0.39 is 0 Å². The summed E-state index contributed by atoms with van der Waals surface area (Å²) in [7, 11) is 2.25. The predicted octanol–water partition coefficient (Wildman–Crippen LogP) is 3.54. The molecule has 0 amide bonds. The Bertz CT molecular complexity index is 452. The first-order chi connectivity index (χ1) is 9.75. The molecular formula is C17H27N3. The van der Waals surface area contributed by atoms with Gasteiger partial charge in [-0.2, -0.15) is 0 Å². The summed E-state index contributed by atoms with van der Waals surface area (Å²) < 4.78 is 0. The maximum atomic E-state index is 4.81. The van der Waals surface area contributed by atoms with Crippen molar-refractivity contribution < 1.29 is 0 Å². The lowest BCUT2D eigenvalue weighted by atomic mass is 9.96. The number of aromatic nitrogens is 1. The van der Waals surface area contributed by atoms with E-state index in [1.54, 1.807) is 0 Å². The van der Waals surface area contributed by atoms with Gasteiger partial charge in [-0.1, -0.05) is 6.42 Å². The molecule has 0 unspecified atom stereocenters. The molecule has 1 aromatic heterocycles. The number of hydrogen-bond acceptors (Lipinski definition) is 3. The second kappa shape index (κ2) is 6.13. The Kier molecular flexibility index (Phi) is 4.25. The summed E-state index contributed by atoms with van der Waals surface area (Å²) >= 11 is 0. The Morgan fingerprint density at radius 2 is 1.80 bits per heavy atom. The average Bonchev–Trinajstić information content (AvgIpc) is 2.48. The number of anilines is 1. The Morgan fingerprint density at radius 3 is 2.50 bits per heavy atom. The first-order valence-electron chi connectivity index (χ1n) is 8.17. The van der Waals surface area contributed by atoms with Gasteiger partial charge in [0.15, 0.2) is 0 Å². The highest BCUT2D eigenvalue weighted by Gasteiger charge is 2.22. The fraction of sp³-hybridized carbons (Fsp3) is 0.706. The largest absolute Gasteiger partial charge is 0.356 e. The van der Waals surface area contributed by atoms with Gasteiger partial charge in [-0.05, 0) is 69.8 Å². The van der Waals surface area contributed by atoms with E-state index in [-0.39, 0.29) is 0 Å². The fourth-order valence-electron chi connectivity index (χ4n) is 3.70. The van der Waals surface area contributed by atoms with Crippen LogP contribution >= 0.6 is 0 Å². The molecule has 110 valence electrons. The highest BCUT2D eigenvalue weighted by Crippen LogP contribution is 2.31. The minimum Gasteiger partial charge on any atom is -0.356 e. The molecular weight excluding hydrogens is 246 g/mol. The normalized spacial score (nSPS) is 24.9. The van der Waals surface area contributed by atoms with Crippen LogP contribution in [0.5, 0.6) is 0 Å². The number of piperidine rings is 2. The van der Waals surface area contributed by atoms with Gasteiger partial charge < -0.3 is 4.90 Å². The highest BCUT2D eigenvalue weighted by molar-refractivity contribution is 5.48. The Balaban J connectivity index is 1.79. The van der Waals surface area contributed by atoms with Crippen molar-refractivity contribution in [1.82, 2.24) is 9.88 Å². The number of hydrogen-bond donors (Lipinski definition) is 0. The molecule has 3 heteroatoms. The SMILES string of the molecule is Cc1cc([C@H]2CCCCN2C)cnc1N1CCCCC1. The van der Waals surface area contributed by atoms with Crippen molar-refractivity contribution in [3.8, 4) is 0 Å². The third kappa shape index (κ3) is 2.83. The molecule has 3 heterocycles. The zero-order valence-electron chi connectivity index (χ0n) is 12.9. The van der Waals surface area contributed by atoms with Gasteiger partial charge in [0.2, 0.25) is 0 Å². The number of pyridine rings is 1. The van der Waals surface area contributed by atoms with Crippen LogP contribution in [0.3, 0.4) is 0 Å².